The molecule has 2 aliphatic heterocycles. The number of amides is 1. The van der Waals surface area contributed by atoms with Gasteiger partial charge in [0, 0.05) is 38.4 Å². The van der Waals surface area contributed by atoms with Gasteiger partial charge in [0.25, 0.3) is 5.91 Å². The summed E-state index contributed by atoms with van der Waals surface area (Å²) >= 11 is 0. The summed E-state index contributed by atoms with van der Waals surface area (Å²) in [5, 5.41) is 3.37. The van der Waals surface area contributed by atoms with Gasteiger partial charge in [-0.3, -0.25) is 4.79 Å². The second kappa shape index (κ2) is 3.84. The van der Waals surface area contributed by atoms with Crippen LogP contribution in [0.4, 0.5) is 0 Å². The number of imidazole rings is 1. The molecule has 0 spiro atoms. The zero-order chi connectivity index (χ0) is 12.0. The lowest BCUT2D eigenvalue weighted by atomic mass is 10.0. The molecule has 1 aromatic rings. The van der Waals surface area contributed by atoms with Gasteiger partial charge >= 0.3 is 0 Å². The molecular weight excluding hydrogens is 216 g/mol. The smallest absolute Gasteiger partial charge is 0.274 e. The highest BCUT2D eigenvalue weighted by Gasteiger charge is 2.44. The summed E-state index contributed by atoms with van der Waals surface area (Å²) < 4.78 is 1.82. The minimum Gasteiger partial charge on any atom is -0.340 e. The van der Waals surface area contributed by atoms with Crippen molar-refractivity contribution in [2.45, 2.75) is 25.4 Å². The first kappa shape index (κ1) is 10.8. The van der Waals surface area contributed by atoms with Crippen LogP contribution < -0.4 is 5.32 Å². The van der Waals surface area contributed by atoms with E-state index in [-0.39, 0.29) is 5.91 Å². The molecule has 0 bridgehead atoms. The van der Waals surface area contributed by atoms with Gasteiger partial charge in [0.15, 0.2) is 0 Å². The topological polar surface area (TPSA) is 50.2 Å². The van der Waals surface area contributed by atoms with Gasteiger partial charge in [-0.2, -0.15) is 0 Å². The van der Waals surface area contributed by atoms with E-state index in [9.17, 15) is 4.79 Å². The Morgan fingerprint density at radius 2 is 2.35 bits per heavy atom. The molecule has 3 rings (SSSR count). The molecule has 1 N–H and O–H groups in total. The summed E-state index contributed by atoms with van der Waals surface area (Å²) in [7, 11) is 1.89. The molecule has 5 heteroatoms. The van der Waals surface area contributed by atoms with Crippen LogP contribution in [-0.4, -0.2) is 45.5 Å². The SMILES string of the molecule is CC1CC2CNCC2N1C(=O)c1cn(C)cn1. The van der Waals surface area contributed by atoms with Crippen molar-refractivity contribution in [3.63, 3.8) is 0 Å². The van der Waals surface area contributed by atoms with Crippen molar-refractivity contribution >= 4 is 5.91 Å². The Morgan fingerprint density at radius 1 is 1.53 bits per heavy atom. The second-order valence-electron chi connectivity index (χ2n) is 5.21. The number of aryl methyl sites for hydroxylation is 1. The number of fused-ring (bicyclic) bond motifs is 1. The normalized spacial score (nSPS) is 31.9. The van der Waals surface area contributed by atoms with E-state index in [2.05, 4.69) is 17.2 Å². The van der Waals surface area contributed by atoms with Crippen molar-refractivity contribution in [3.8, 4) is 0 Å². The molecule has 0 saturated carbocycles. The van der Waals surface area contributed by atoms with E-state index >= 15 is 0 Å². The summed E-state index contributed by atoms with van der Waals surface area (Å²) in [4.78, 5) is 18.6. The molecule has 1 aromatic heterocycles. The predicted octanol–water partition coefficient (Wildman–Crippen LogP) is 0.242. The molecule has 92 valence electrons. The number of hydrogen-bond acceptors (Lipinski definition) is 3. The molecule has 0 aromatic carbocycles. The van der Waals surface area contributed by atoms with Crippen LogP contribution in [-0.2, 0) is 7.05 Å². The summed E-state index contributed by atoms with van der Waals surface area (Å²) in [5.74, 6) is 0.701. The van der Waals surface area contributed by atoms with Crippen LogP contribution in [0.5, 0.6) is 0 Å². The minimum absolute atomic E-state index is 0.0781. The van der Waals surface area contributed by atoms with Crippen LogP contribution >= 0.6 is 0 Å². The standard InChI is InChI=1S/C12H18N4O/c1-8-3-9-4-13-5-11(9)16(8)12(17)10-6-15(2)7-14-10/h6-9,11,13H,3-5H2,1-2H3. The van der Waals surface area contributed by atoms with Gasteiger partial charge in [0.05, 0.1) is 6.33 Å². The third-order valence-corrected chi connectivity index (χ3v) is 3.94. The van der Waals surface area contributed by atoms with Crippen LogP contribution in [0.2, 0.25) is 0 Å². The third-order valence-electron chi connectivity index (χ3n) is 3.94. The third kappa shape index (κ3) is 1.65. The van der Waals surface area contributed by atoms with Crippen LogP contribution in [0.1, 0.15) is 23.8 Å². The molecule has 3 atom stereocenters. The van der Waals surface area contributed by atoms with Gasteiger partial charge in [-0.1, -0.05) is 0 Å². The first-order valence-corrected chi connectivity index (χ1v) is 6.18. The molecule has 1 amide bonds. The monoisotopic (exact) mass is 234 g/mol. The number of hydrogen-bond donors (Lipinski definition) is 1. The Hall–Kier alpha value is -1.36. The first-order valence-electron chi connectivity index (χ1n) is 6.18. The number of carbonyl (C=O) groups excluding carboxylic acids is 1. The quantitative estimate of drug-likeness (QED) is 0.757. The predicted molar refractivity (Wildman–Crippen MR) is 63.6 cm³/mol. The summed E-state index contributed by atoms with van der Waals surface area (Å²) in [6.45, 7) is 4.10. The lowest BCUT2D eigenvalue weighted by Crippen LogP contribution is -2.42. The van der Waals surface area contributed by atoms with Gasteiger partial charge in [-0.15, -0.1) is 0 Å². The van der Waals surface area contributed by atoms with E-state index in [1.807, 2.05) is 16.5 Å². The molecule has 5 nitrogen and oxygen atoms in total. The van der Waals surface area contributed by atoms with Crippen molar-refractivity contribution in [2.75, 3.05) is 13.1 Å². The van der Waals surface area contributed by atoms with Gasteiger partial charge in [0.1, 0.15) is 5.69 Å². The van der Waals surface area contributed by atoms with Gasteiger partial charge < -0.3 is 14.8 Å². The fourth-order valence-electron chi connectivity index (χ4n) is 3.17. The molecule has 0 radical (unpaired) electrons. The van der Waals surface area contributed by atoms with Crippen molar-refractivity contribution < 1.29 is 4.79 Å². The van der Waals surface area contributed by atoms with E-state index in [1.54, 1.807) is 12.5 Å². The first-order chi connectivity index (χ1) is 8.16. The highest BCUT2D eigenvalue weighted by molar-refractivity contribution is 5.92. The van der Waals surface area contributed by atoms with Crippen molar-refractivity contribution in [1.29, 1.82) is 0 Å². The number of nitrogens with zero attached hydrogens (tertiary/aromatic N) is 3. The molecular formula is C12H18N4O. The highest BCUT2D eigenvalue weighted by atomic mass is 16.2. The number of carbonyl (C=O) groups is 1. The molecule has 0 aliphatic carbocycles. The number of nitrogens with one attached hydrogen (secondary N) is 1. The molecule has 2 fully saturated rings. The lowest BCUT2D eigenvalue weighted by Gasteiger charge is -2.26. The van der Waals surface area contributed by atoms with E-state index in [0.717, 1.165) is 19.5 Å². The van der Waals surface area contributed by atoms with Crippen LogP contribution in [0.15, 0.2) is 12.5 Å². The fraction of sp³-hybridized carbons (Fsp3) is 0.667. The zero-order valence-corrected chi connectivity index (χ0v) is 10.3. The summed E-state index contributed by atoms with van der Waals surface area (Å²) in [6.07, 6.45) is 4.58. The summed E-state index contributed by atoms with van der Waals surface area (Å²) in [5.41, 5.74) is 0.562. The van der Waals surface area contributed by atoms with Gasteiger partial charge in [-0.05, 0) is 19.3 Å². The average Bonchev–Trinajstić information content (AvgIpc) is 2.92. The van der Waals surface area contributed by atoms with Crippen molar-refractivity contribution in [2.24, 2.45) is 13.0 Å². The Morgan fingerprint density at radius 3 is 3.06 bits per heavy atom. The Labute approximate surface area is 101 Å². The van der Waals surface area contributed by atoms with Crippen LogP contribution in [0.25, 0.3) is 0 Å². The number of rotatable bonds is 1. The van der Waals surface area contributed by atoms with Crippen molar-refractivity contribution in [3.05, 3.63) is 18.2 Å². The van der Waals surface area contributed by atoms with E-state index < -0.39 is 0 Å². The molecule has 3 unspecified atom stereocenters. The number of likely N-dealkylation sites (tertiary alicyclic amines) is 1. The Kier molecular flexibility index (Phi) is 2.43. The highest BCUT2D eigenvalue weighted by Crippen LogP contribution is 2.33. The van der Waals surface area contributed by atoms with E-state index in [1.165, 1.54) is 0 Å². The van der Waals surface area contributed by atoms with Gasteiger partial charge in [-0.25, -0.2) is 4.98 Å². The van der Waals surface area contributed by atoms with E-state index in [0.29, 0.717) is 23.7 Å². The van der Waals surface area contributed by atoms with Crippen LogP contribution in [0.3, 0.4) is 0 Å². The molecule has 2 saturated heterocycles. The number of aromatic nitrogens is 2. The fourth-order valence-corrected chi connectivity index (χ4v) is 3.17. The van der Waals surface area contributed by atoms with Crippen molar-refractivity contribution in [1.82, 2.24) is 19.8 Å². The maximum atomic E-state index is 12.4. The second-order valence-corrected chi connectivity index (χ2v) is 5.21. The van der Waals surface area contributed by atoms with Crippen LogP contribution in [0, 0.1) is 5.92 Å². The average molecular weight is 234 g/mol. The Balaban J connectivity index is 1.85. The summed E-state index contributed by atoms with van der Waals surface area (Å²) in [6, 6.07) is 0.695. The Bertz CT molecular complexity index is 441. The van der Waals surface area contributed by atoms with E-state index in [4.69, 9.17) is 0 Å². The largest absolute Gasteiger partial charge is 0.340 e. The lowest BCUT2D eigenvalue weighted by molar-refractivity contribution is 0.0676. The molecule has 2 aliphatic rings. The van der Waals surface area contributed by atoms with Gasteiger partial charge in [0.2, 0.25) is 0 Å². The zero-order valence-electron chi connectivity index (χ0n) is 10.3. The maximum Gasteiger partial charge on any atom is 0.274 e. The molecule has 17 heavy (non-hydrogen) atoms. The maximum absolute atomic E-state index is 12.4. The minimum atomic E-state index is 0.0781. The molecule has 3 heterocycles.